The number of carbonyl (C=O) groups excluding carboxylic acids is 1. The molecule has 0 saturated carbocycles. The van der Waals surface area contributed by atoms with Crippen LogP contribution in [0, 0.1) is 13.8 Å². The quantitative estimate of drug-likeness (QED) is 0.382. The smallest absolute Gasteiger partial charge is 0.226 e. The molecule has 0 bridgehead atoms. The Morgan fingerprint density at radius 3 is 2.79 bits per heavy atom. The molecule has 0 spiro atoms. The predicted octanol–water partition coefficient (Wildman–Crippen LogP) is 6.80. The SMILES string of the molecule is CCCCCC(=O)Nc1nc(C)c(-c2csc(Nc3cc(Cl)ccc3C)n2)s1. The van der Waals surface area contributed by atoms with Crippen LogP contribution in [0.5, 0.6) is 0 Å². The monoisotopic (exact) mass is 434 g/mol. The Hall–Kier alpha value is -1.96. The standard InChI is InChI=1S/C20H23ClN4OS2/c1-4-5-6-7-17(26)25-20-22-13(3)18(28-20)16-11-27-19(24-16)23-15-10-14(21)9-8-12(15)2/h8-11H,4-7H2,1-3H3,(H,23,24)(H,22,25,26). The Balaban J connectivity index is 1.70. The van der Waals surface area contributed by atoms with Crippen molar-refractivity contribution in [1.29, 1.82) is 0 Å². The Bertz CT molecular complexity index is 967. The Morgan fingerprint density at radius 1 is 1.18 bits per heavy atom. The number of aryl methyl sites for hydroxylation is 2. The molecule has 0 saturated heterocycles. The van der Waals surface area contributed by atoms with Crippen LogP contribution in [0.1, 0.15) is 43.9 Å². The molecular formula is C20H23ClN4OS2. The van der Waals surface area contributed by atoms with Crippen molar-refractivity contribution in [1.82, 2.24) is 9.97 Å². The van der Waals surface area contributed by atoms with Gasteiger partial charge >= 0.3 is 0 Å². The Morgan fingerprint density at radius 2 is 2.00 bits per heavy atom. The summed E-state index contributed by atoms with van der Waals surface area (Å²) in [6.07, 6.45) is 3.61. The predicted molar refractivity (Wildman–Crippen MR) is 120 cm³/mol. The first-order chi connectivity index (χ1) is 13.5. The molecule has 1 amide bonds. The van der Waals surface area contributed by atoms with Gasteiger partial charge in [0.1, 0.15) is 0 Å². The number of nitrogens with one attached hydrogen (secondary N) is 2. The highest BCUT2D eigenvalue weighted by atomic mass is 35.5. The lowest BCUT2D eigenvalue weighted by Gasteiger charge is -2.06. The summed E-state index contributed by atoms with van der Waals surface area (Å²) in [6.45, 7) is 6.08. The maximum Gasteiger partial charge on any atom is 0.226 e. The summed E-state index contributed by atoms with van der Waals surface area (Å²) < 4.78 is 0. The van der Waals surface area contributed by atoms with Crippen LogP contribution in [-0.2, 0) is 4.79 Å². The van der Waals surface area contributed by atoms with Gasteiger partial charge in [0.25, 0.3) is 0 Å². The van der Waals surface area contributed by atoms with Crippen molar-refractivity contribution in [3.05, 3.63) is 39.9 Å². The van der Waals surface area contributed by atoms with Gasteiger partial charge in [-0.05, 0) is 38.0 Å². The van der Waals surface area contributed by atoms with E-state index in [0.29, 0.717) is 16.6 Å². The Labute approximate surface area is 178 Å². The fraction of sp³-hybridized carbons (Fsp3) is 0.350. The first-order valence-electron chi connectivity index (χ1n) is 9.22. The number of anilines is 3. The van der Waals surface area contributed by atoms with Gasteiger partial charge in [0, 0.05) is 22.5 Å². The molecule has 0 aliphatic rings. The third-order valence-corrected chi connectivity index (χ3v) is 6.32. The maximum absolute atomic E-state index is 12.0. The maximum atomic E-state index is 12.0. The average Bonchev–Trinajstić information content (AvgIpc) is 3.24. The minimum atomic E-state index is 0.0193. The summed E-state index contributed by atoms with van der Waals surface area (Å²) in [5, 5.41) is 10.3. The van der Waals surface area contributed by atoms with E-state index in [0.717, 1.165) is 51.9 Å². The summed E-state index contributed by atoms with van der Waals surface area (Å²) in [7, 11) is 0. The second-order valence-electron chi connectivity index (χ2n) is 6.56. The van der Waals surface area contributed by atoms with E-state index in [4.69, 9.17) is 11.6 Å². The van der Waals surface area contributed by atoms with Crippen LogP contribution < -0.4 is 10.6 Å². The molecule has 0 aliphatic carbocycles. The second-order valence-corrected chi connectivity index (χ2v) is 8.85. The molecule has 0 fully saturated rings. The highest BCUT2D eigenvalue weighted by molar-refractivity contribution is 7.20. The van der Waals surface area contributed by atoms with Gasteiger partial charge in [-0.25, -0.2) is 9.97 Å². The average molecular weight is 435 g/mol. The van der Waals surface area contributed by atoms with Gasteiger partial charge < -0.3 is 10.6 Å². The van der Waals surface area contributed by atoms with Crippen molar-refractivity contribution in [3.63, 3.8) is 0 Å². The molecule has 0 aliphatic heterocycles. The van der Waals surface area contributed by atoms with Crippen LogP contribution in [0.4, 0.5) is 16.0 Å². The van der Waals surface area contributed by atoms with E-state index >= 15 is 0 Å². The number of unbranched alkanes of at least 4 members (excludes halogenated alkanes) is 2. The zero-order chi connectivity index (χ0) is 20.1. The number of hydrogen-bond donors (Lipinski definition) is 2. The molecule has 28 heavy (non-hydrogen) atoms. The molecule has 5 nitrogen and oxygen atoms in total. The molecule has 3 aromatic rings. The zero-order valence-corrected chi connectivity index (χ0v) is 18.5. The van der Waals surface area contributed by atoms with E-state index in [1.54, 1.807) is 0 Å². The van der Waals surface area contributed by atoms with Crippen molar-refractivity contribution in [3.8, 4) is 10.6 Å². The second kappa shape index (κ2) is 9.49. The van der Waals surface area contributed by atoms with Gasteiger partial charge in [-0.3, -0.25) is 4.79 Å². The van der Waals surface area contributed by atoms with E-state index in [9.17, 15) is 4.79 Å². The van der Waals surface area contributed by atoms with E-state index in [-0.39, 0.29) is 5.91 Å². The topological polar surface area (TPSA) is 66.9 Å². The molecule has 0 unspecified atom stereocenters. The molecule has 0 radical (unpaired) electrons. The van der Waals surface area contributed by atoms with Crippen LogP contribution in [0.15, 0.2) is 23.6 Å². The Kier molecular flexibility index (Phi) is 7.04. The largest absolute Gasteiger partial charge is 0.331 e. The number of nitrogens with zero attached hydrogens (tertiary/aromatic N) is 2. The molecule has 2 N–H and O–H groups in total. The van der Waals surface area contributed by atoms with Gasteiger partial charge in [-0.2, -0.15) is 0 Å². The summed E-state index contributed by atoms with van der Waals surface area (Å²) in [5.41, 5.74) is 3.76. The van der Waals surface area contributed by atoms with Crippen molar-refractivity contribution in [2.75, 3.05) is 10.6 Å². The number of benzene rings is 1. The lowest BCUT2D eigenvalue weighted by Crippen LogP contribution is -2.10. The number of amides is 1. The van der Waals surface area contributed by atoms with Gasteiger partial charge in [-0.15, -0.1) is 11.3 Å². The van der Waals surface area contributed by atoms with E-state index in [1.807, 2.05) is 37.4 Å². The third kappa shape index (κ3) is 5.31. The minimum absolute atomic E-state index is 0.0193. The fourth-order valence-corrected chi connectivity index (χ4v) is 4.59. The fourth-order valence-electron chi connectivity index (χ4n) is 2.68. The van der Waals surface area contributed by atoms with Crippen molar-refractivity contribution in [2.24, 2.45) is 0 Å². The highest BCUT2D eigenvalue weighted by Gasteiger charge is 2.15. The number of thiazole rings is 2. The van der Waals surface area contributed by atoms with Crippen LogP contribution in [0.2, 0.25) is 5.02 Å². The number of halogens is 1. The molecule has 8 heteroatoms. The number of rotatable bonds is 8. The van der Waals surface area contributed by atoms with Crippen LogP contribution in [0.3, 0.4) is 0 Å². The number of aromatic nitrogens is 2. The summed E-state index contributed by atoms with van der Waals surface area (Å²) in [5.74, 6) is 0.0193. The molecule has 0 atom stereocenters. The lowest BCUT2D eigenvalue weighted by atomic mass is 10.2. The van der Waals surface area contributed by atoms with Crippen molar-refractivity contribution < 1.29 is 4.79 Å². The van der Waals surface area contributed by atoms with Gasteiger partial charge in [0.15, 0.2) is 10.3 Å². The van der Waals surface area contributed by atoms with Crippen molar-refractivity contribution >= 4 is 56.1 Å². The lowest BCUT2D eigenvalue weighted by molar-refractivity contribution is -0.116. The first kappa shape index (κ1) is 20.8. The molecule has 2 heterocycles. The van der Waals surface area contributed by atoms with E-state index in [2.05, 4.69) is 27.5 Å². The van der Waals surface area contributed by atoms with Crippen LogP contribution in [-0.4, -0.2) is 15.9 Å². The summed E-state index contributed by atoms with van der Waals surface area (Å²) in [6, 6.07) is 5.73. The number of hydrogen-bond acceptors (Lipinski definition) is 6. The van der Waals surface area contributed by atoms with Crippen molar-refractivity contribution in [2.45, 2.75) is 46.5 Å². The third-order valence-electron chi connectivity index (χ3n) is 4.23. The van der Waals surface area contributed by atoms with Crippen LogP contribution in [0.25, 0.3) is 10.6 Å². The van der Waals surface area contributed by atoms with E-state index < -0.39 is 0 Å². The molecule has 2 aromatic heterocycles. The highest BCUT2D eigenvalue weighted by Crippen LogP contribution is 2.35. The van der Waals surface area contributed by atoms with Gasteiger partial charge in [0.05, 0.1) is 16.3 Å². The normalized spacial score (nSPS) is 10.9. The van der Waals surface area contributed by atoms with Gasteiger partial charge in [-0.1, -0.05) is 48.8 Å². The molecule has 3 rings (SSSR count). The summed E-state index contributed by atoms with van der Waals surface area (Å²) in [4.78, 5) is 22.2. The molecule has 148 valence electrons. The summed E-state index contributed by atoms with van der Waals surface area (Å²) >= 11 is 9.07. The van der Waals surface area contributed by atoms with E-state index in [1.165, 1.54) is 22.7 Å². The van der Waals surface area contributed by atoms with Gasteiger partial charge in [0.2, 0.25) is 5.91 Å². The number of carbonyl (C=O) groups is 1. The molecule has 1 aromatic carbocycles. The first-order valence-corrected chi connectivity index (χ1v) is 11.3. The zero-order valence-electron chi connectivity index (χ0n) is 16.1. The molecular weight excluding hydrogens is 412 g/mol. The van der Waals surface area contributed by atoms with Crippen LogP contribution >= 0.6 is 34.3 Å². The minimum Gasteiger partial charge on any atom is -0.331 e.